The fourth-order valence-corrected chi connectivity index (χ4v) is 1.85. The molecule has 0 spiro atoms. The molecule has 101 heavy (non-hydrogen) atoms. The van der Waals surface area contributed by atoms with Crippen LogP contribution in [0.1, 0.15) is 86.1 Å². The molecular weight excluding hydrogens is 1580 g/mol. The smallest absolute Gasteiger partial charge is 0.289 e. The zero-order chi connectivity index (χ0) is 81.6. The topological polar surface area (TPSA) is 73.8 Å². The summed E-state index contributed by atoms with van der Waals surface area (Å²) in [6.07, 6.45) is -68.9. The van der Waals surface area contributed by atoms with E-state index >= 15 is 0 Å². The van der Waals surface area contributed by atoms with Crippen molar-refractivity contribution < 1.29 is 249 Å². The van der Waals surface area contributed by atoms with Crippen molar-refractivity contribution in [2.75, 3.05) is 124 Å². The summed E-state index contributed by atoms with van der Waals surface area (Å²) in [4.78, 5) is 0. The van der Waals surface area contributed by atoms with Crippen LogP contribution in [0.25, 0.3) is 0 Å². The highest BCUT2D eigenvalue weighted by Gasteiger charge is 2.69. The summed E-state index contributed by atoms with van der Waals surface area (Å²) in [6.45, 7) is -17.6. The number of alkyl halides is 48. The fourth-order valence-electron chi connectivity index (χ4n) is 1.85. The molecule has 0 saturated carbocycles. The van der Waals surface area contributed by atoms with E-state index in [2.05, 4.69) is 37.9 Å². The molecule has 648 valence electrons. The lowest BCUT2D eigenvalue weighted by molar-refractivity contribution is -0.513. The molecule has 0 radical (unpaired) electrons. The highest BCUT2D eigenvalue weighted by atomic mass is 19.4. The van der Waals surface area contributed by atoms with Crippen molar-refractivity contribution in [3.8, 4) is 0 Å². The highest BCUT2D eigenvalue weighted by Crippen LogP contribution is 2.45. The van der Waals surface area contributed by atoms with Crippen LogP contribution in [0.2, 0.25) is 0 Å². The molecule has 0 amide bonds. The maximum absolute atomic E-state index is 12.4. The van der Waals surface area contributed by atoms with Gasteiger partial charge in [-0.05, 0) is 20.8 Å². The van der Waals surface area contributed by atoms with Crippen molar-refractivity contribution >= 4 is 0 Å². The molecule has 0 aromatic carbocycles. The van der Waals surface area contributed by atoms with Gasteiger partial charge in [-0.2, -0.15) is 132 Å². The molecule has 8 nitrogen and oxygen atoms in total. The van der Waals surface area contributed by atoms with Gasteiger partial charge in [0.05, 0.1) is 63.1 Å². The van der Waals surface area contributed by atoms with Crippen LogP contribution in [-0.4, -0.2) is 215 Å². The van der Waals surface area contributed by atoms with E-state index in [1.807, 2.05) is 0 Å². The molecule has 0 aromatic heterocycles. The molecule has 0 rings (SSSR count). The van der Waals surface area contributed by atoms with Crippen LogP contribution in [0.3, 0.4) is 0 Å². The Kier molecular flexibility index (Phi) is 119. The molecule has 0 N–H and O–H groups in total. The average Bonchev–Trinajstić information content (AvgIpc) is 0.809. The van der Waals surface area contributed by atoms with Crippen molar-refractivity contribution in [3.63, 3.8) is 0 Å². The summed E-state index contributed by atoms with van der Waals surface area (Å²) in [5.41, 5.74) is 0. The molecule has 0 aliphatic heterocycles. The zero-order valence-electron chi connectivity index (χ0n) is 49.4. The summed E-state index contributed by atoms with van der Waals surface area (Å²) >= 11 is 0. The normalized spacial score (nSPS) is 11.3. The number of ether oxygens (including phenoxy) is 8. The predicted molar refractivity (Wildman–Crippen MR) is 271 cm³/mol. The van der Waals surface area contributed by atoms with Gasteiger partial charge in [-0.1, -0.05) is 44.6 Å². The second-order valence-corrected chi connectivity index (χ2v) is 12.4. The van der Waals surface area contributed by atoms with Gasteiger partial charge in [0.1, 0.15) is 0 Å². The van der Waals surface area contributed by atoms with Crippen molar-refractivity contribution in [3.05, 3.63) is 0 Å². The molecule has 56 heteroatoms. The Morgan fingerprint density at radius 1 is 0.208 bits per heavy atom. The first-order valence-corrected chi connectivity index (χ1v) is 21.4. The van der Waals surface area contributed by atoms with Crippen LogP contribution >= 0.6 is 0 Å². The van der Waals surface area contributed by atoms with E-state index in [1.165, 1.54) is 20.8 Å². The van der Waals surface area contributed by atoms with E-state index in [-0.39, 0.29) is 71.5 Å². The minimum absolute atomic E-state index is 0. The highest BCUT2D eigenvalue weighted by molar-refractivity contribution is 4.78. The largest absolute Gasteiger partial charge is 0.453 e. The zero-order valence-corrected chi connectivity index (χ0v) is 49.4. The maximum atomic E-state index is 12.4. The van der Waals surface area contributed by atoms with Crippen LogP contribution in [0.15, 0.2) is 0 Å². The average molecular weight is 1670 g/mol. The monoisotopic (exact) mass is 1660 g/mol. The predicted octanol–water partition coefficient (Wildman–Crippen LogP) is 24.9. The van der Waals surface area contributed by atoms with Gasteiger partial charge in [0, 0.05) is 20.8 Å². The van der Waals surface area contributed by atoms with E-state index < -0.39 is 152 Å². The summed E-state index contributed by atoms with van der Waals surface area (Å²) in [6, 6.07) is 0. The Labute approximate surface area is 550 Å². The third-order valence-corrected chi connectivity index (χ3v) is 4.80. The van der Waals surface area contributed by atoms with Crippen molar-refractivity contribution in [1.29, 1.82) is 0 Å². The van der Waals surface area contributed by atoms with Crippen LogP contribution < -0.4 is 0 Å². The number of halogens is 48. The van der Waals surface area contributed by atoms with Gasteiger partial charge in [-0.25, -0.2) is 63.2 Å². The number of hydrogen-bond acceptors (Lipinski definition) is 8. The molecule has 0 saturated heterocycles. The second kappa shape index (κ2) is 77.4. The van der Waals surface area contributed by atoms with E-state index in [1.54, 1.807) is 0 Å². The molecule has 0 heterocycles. The summed E-state index contributed by atoms with van der Waals surface area (Å²) in [7, 11) is 3.00. The molecule has 0 aliphatic carbocycles. The van der Waals surface area contributed by atoms with Gasteiger partial charge in [-0.15, -0.1) is 0 Å². The lowest BCUT2D eigenvalue weighted by Crippen LogP contribution is -2.52. The van der Waals surface area contributed by atoms with Crippen LogP contribution in [0, 0.1) is 0 Å². The fraction of sp³-hybridized carbons (Fsp3) is 1.00. The first kappa shape index (κ1) is 155. The Balaban J connectivity index is -0.0000000382. The molecule has 0 aliphatic rings. The van der Waals surface area contributed by atoms with Gasteiger partial charge in [0.15, 0.2) is 60.6 Å². The summed E-state index contributed by atoms with van der Waals surface area (Å²) in [5.74, 6) is -9.77. The maximum Gasteiger partial charge on any atom is 0.453 e. The minimum Gasteiger partial charge on any atom is -0.289 e. The van der Waals surface area contributed by atoms with Crippen LogP contribution in [-0.2, 0) is 37.9 Å². The van der Waals surface area contributed by atoms with Gasteiger partial charge in [-0.3, -0.25) is 53.7 Å². The first-order valence-electron chi connectivity index (χ1n) is 21.4. The van der Waals surface area contributed by atoms with Crippen LogP contribution in [0.5, 0.6) is 0 Å². The second-order valence-electron chi connectivity index (χ2n) is 12.4. The third-order valence-electron chi connectivity index (χ3n) is 4.80. The summed E-state index contributed by atoms with van der Waals surface area (Å²) in [5, 5.41) is 0. The minimum atomic E-state index is -6.30. The van der Waals surface area contributed by atoms with Crippen LogP contribution in [0.4, 0.5) is 211 Å². The first-order chi connectivity index (χ1) is 42.3. The quantitative estimate of drug-likeness (QED) is 0.0793. The molecule has 0 fully saturated rings. The third kappa shape index (κ3) is 101. The Bertz CT molecular complexity index is 1420. The van der Waals surface area contributed by atoms with Gasteiger partial charge >= 0.3 is 91.3 Å². The van der Waals surface area contributed by atoms with E-state index in [0.717, 1.165) is 0 Å². The Morgan fingerprint density at radius 3 is 0.406 bits per heavy atom. The number of rotatable bonds is 26. The number of hydrogen-bond donors (Lipinski definition) is 0. The van der Waals surface area contributed by atoms with Crippen molar-refractivity contribution in [2.45, 2.75) is 177 Å². The van der Waals surface area contributed by atoms with Crippen molar-refractivity contribution in [2.24, 2.45) is 0 Å². The molecular formula is C45H84F48O8. The molecule has 0 unspecified atom stereocenters. The molecule has 0 aromatic rings. The van der Waals surface area contributed by atoms with E-state index in [9.17, 15) is 211 Å². The van der Waals surface area contributed by atoms with E-state index in [4.69, 9.17) is 0 Å². The van der Waals surface area contributed by atoms with Crippen molar-refractivity contribution in [1.82, 2.24) is 0 Å². The standard InChI is InChI=1S/2C6H4F10O2.C5H4F8O.C4H5F5O.2C3H5F3O.3C2H5F.6CH3F.6CH4/c2*7-1-3(9,10)17-5(13,14)6(15,16)18-4(11,12)2-8;6-1-3(8,9)5(12,13)14-4(10,11)2-7;1-3(6,7)4(8,9)10-2-5;2*1-3(5,6)7-2-4;3*1-2-3;6*1-2;;;;;;/h2*1-2H2;1-2H2;2H2,1H3;2*2H2,1H3;3*2H2,1H3;6*1H3;6*1H4. The Hall–Kier alpha value is -3.68. The molecule has 0 bridgehead atoms. The van der Waals surface area contributed by atoms with E-state index in [0.29, 0.717) is 56.9 Å². The van der Waals surface area contributed by atoms with Gasteiger partial charge in [0.2, 0.25) is 0 Å². The SMILES string of the molecule is C.C.C.C.C.C.CC(F)(F)C(F)(F)OCF.CC(F)(F)OCF.CC(F)(F)OCF.CCF.CCF.CCF.CF.CF.CF.CF.CF.CF.FCC(F)(F)OC(F)(F)C(F)(F)CF.FCC(F)(F)OC(F)(F)C(F)(F)OC(F)(F)CF.FCC(F)(F)OC(F)(F)C(F)(F)OC(F)(F)CF. The lowest BCUT2D eigenvalue weighted by Gasteiger charge is -2.29. The van der Waals surface area contributed by atoms with Gasteiger partial charge < -0.3 is 0 Å². The lowest BCUT2D eigenvalue weighted by atomic mass is 10.3. The molecule has 0 atom stereocenters. The Morgan fingerprint density at radius 2 is 0.337 bits per heavy atom. The van der Waals surface area contributed by atoms with Gasteiger partial charge in [0.25, 0.3) is 0 Å². The summed E-state index contributed by atoms with van der Waals surface area (Å²) < 4.78 is 566.